The van der Waals surface area contributed by atoms with Crippen LogP contribution in [0.4, 0.5) is 0 Å². The third kappa shape index (κ3) is 2.76. The van der Waals surface area contributed by atoms with Crippen molar-refractivity contribution in [2.75, 3.05) is 39.4 Å². The van der Waals surface area contributed by atoms with E-state index in [4.69, 9.17) is 4.74 Å². The van der Waals surface area contributed by atoms with E-state index in [0.717, 1.165) is 51.6 Å². The fourth-order valence-electron chi connectivity index (χ4n) is 3.70. The van der Waals surface area contributed by atoms with Crippen molar-refractivity contribution < 1.29 is 4.74 Å². The van der Waals surface area contributed by atoms with Crippen molar-refractivity contribution in [2.45, 2.75) is 25.3 Å². The summed E-state index contributed by atoms with van der Waals surface area (Å²) in [5, 5.41) is 4.82. The Morgan fingerprint density at radius 2 is 2.23 bits per heavy atom. The maximum Gasteiger partial charge on any atom is 0.137 e. The molecule has 5 nitrogen and oxygen atoms in total. The fourth-order valence-corrected chi connectivity index (χ4v) is 3.70. The Balaban J connectivity index is 1.69. The largest absolute Gasteiger partial charge is 0.379 e. The molecule has 0 saturated carbocycles. The van der Waals surface area contributed by atoms with Crippen molar-refractivity contribution in [1.82, 2.24) is 20.2 Å². The molecule has 4 rings (SSSR count). The van der Waals surface area contributed by atoms with Crippen LogP contribution in [-0.2, 0) is 11.3 Å². The highest BCUT2D eigenvalue weighted by molar-refractivity contribution is 5.81. The normalized spacial score (nSPS) is 23.9. The quantitative estimate of drug-likeness (QED) is 0.908. The number of piperidine rings is 1. The molecule has 0 amide bonds. The molecule has 2 aromatic heterocycles. The van der Waals surface area contributed by atoms with Crippen LogP contribution < -0.4 is 5.32 Å². The Kier molecular flexibility index (Phi) is 4.10. The lowest BCUT2D eigenvalue weighted by molar-refractivity contribution is 0.0342. The molecule has 2 N–H and O–H groups in total. The zero-order valence-corrected chi connectivity index (χ0v) is 13.0. The predicted octanol–water partition coefficient (Wildman–Crippen LogP) is 1.86. The number of aromatic nitrogens is 2. The first-order chi connectivity index (χ1) is 10.9. The molecule has 2 aromatic rings. The van der Waals surface area contributed by atoms with Gasteiger partial charge < -0.3 is 15.0 Å². The highest BCUT2D eigenvalue weighted by atomic mass is 16.5. The van der Waals surface area contributed by atoms with E-state index < -0.39 is 0 Å². The van der Waals surface area contributed by atoms with Gasteiger partial charge in [0.15, 0.2) is 0 Å². The Morgan fingerprint density at radius 1 is 1.32 bits per heavy atom. The molecule has 0 bridgehead atoms. The number of H-pyrrole nitrogens is 1. The lowest BCUT2D eigenvalue weighted by atomic mass is 9.93. The van der Waals surface area contributed by atoms with Crippen molar-refractivity contribution in [1.29, 1.82) is 0 Å². The topological polar surface area (TPSA) is 53.2 Å². The molecule has 2 aliphatic heterocycles. The minimum atomic E-state index is 0.582. The van der Waals surface area contributed by atoms with Crippen LogP contribution in [0.1, 0.15) is 30.0 Å². The van der Waals surface area contributed by atoms with Gasteiger partial charge in [-0.25, -0.2) is 4.98 Å². The van der Waals surface area contributed by atoms with Gasteiger partial charge in [0.2, 0.25) is 0 Å². The minimum Gasteiger partial charge on any atom is -0.379 e. The molecule has 1 unspecified atom stereocenters. The van der Waals surface area contributed by atoms with Crippen LogP contribution in [0.3, 0.4) is 0 Å². The van der Waals surface area contributed by atoms with Crippen LogP contribution in [0.15, 0.2) is 18.3 Å². The standard InChI is InChI=1S/C17H24N4O/c1-3-13(11-18-5-1)16-15(12-21-7-9-22-10-8-21)14-4-2-6-19-17(14)20-16/h2,4,6,13,18H,1,3,5,7-12H2,(H,19,20). The van der Waals surface area contributed by atoms with Gasteiger partial charge in [-0.15, -0.1) is 0 Å². The van der Waals surface area contributed by atoms with Crippen LogP contribution in [0.5, 0.6) is 0 Å². The van der Waals surface area contributed by atoms with Gasteiger partial charge in [-0.2, -0.15) is 0 Å². The smallest absolute Gasteiger partial charge is 0.137 e. The van der Waals surface area contributed by atoms with Gasteiger partial charge >= 0.3 is 0 Å². The monoisotopic (exact) mass is 300 g/mol. The molecular formula is C17H24N4O. The number of ether oxygens (including phenoxy) is 1. The lowest BCUT2D eigenvalue weighted by Crippen LogP contribution is -2.36. The minimum absolute atomic E-state index is 0.582. The molecule has 0 aliphatic carbocycles. The van der Waals surface area contributed by atoms with Gasteiger partial charge in [0.05, 0.1) is 13.2 Å². The van der Waals surface area contributed by atoms with Crippen molar-refractivity contribution in [2.24, 2.45) is 0 Å². The van der Waals surface area contributed by atoms with Crippen molar-refractivity contribution in [3.8, 4) is 0 Å². The first kappa shape index (κ1) is 14.2. The predicted molar refractivity (Wildman–Crippen MR) is 87.0 cm³/mol. The second kappa shape index (κ2) is 6.36. The van der Waals surface area contributed by atoms with E-state index in [1.165, 1.54) is 29.5 Å². The Bertz CT molecular complexity index is 627. The Hall–Kier alpha value is -1.43. The second-order valence-corrected chi connectivity index (χ2v) is 6.35. The first-order valence-electron chi connectivity index (χ1n) is 8.38. The number of aromatic amines is 1. The molecule has 22 heavy (non-hydrogen) atoms. The number of nitrogens with zero attached hydrogens (tertiary/aromatic N) is 2. The molecule has 2 aliphatic rings. The number of fused-ring (bicyclic) bond motifs is 1. The van der Waals surface area contributed by atoms with Crippen LogP contribution in [-0.4, -0.2) is 54.3 Å². The van der Waals surface area contributed by atoms with E-state index >= 15 is 0 Å². The summed E-state index contributed by atoms with van der Waals surface area (Å²) in [5.74, 6) is 0.582. The van der Waals surface area contributed by atoms with Gasteiger partial charge in [-0.3, -0.25) is 4.90 Å². The number of morpholine rings is 1. The van der Waals surface area contributed by atoms with Crippen molar-refractivity contribution >= 4 is 11.0 Å². The molecule has 1 atom stereocenters. The van der Waals surface area contributed by atoms with E-state index in [9.17, 15) is 0 Å². The maximum absolute atomic E-state index is 5.48. The van der Waals surface area contributed by atoms with Crippen molar-refractivity contribution in [3.05, 3.63) is 29.6 Å². The summed E-state index contributed by atoms with van der Waals surface area (Å²) >= 11 is 0. The SMILES string of the molecule is c1cnc2[nH]c(C3CCCNC3)c(CN3CCOCC3)c2c1. The lowest BCUT2D eigenvalue weighted by Gasteiger charge is -2.28. The van der Waals surface area contributed by atoms with E-state index in [1.54, 1.807) is 0 Å². The molecule has 2 saturated heterocycles. The number of rotatable bonds is 3. The fraction of sp³-hybridized carbons (Fsp3) is 0.588. The van der Waals surface area contributed by atoms with Gasteiger partial charge in [-0.1, -0.05) is 0 Å². The highest BCUT2D eigenvalue weighted by Crippen LogP contribution is 2.31. The first-order valence-corrected chi connectivity index (χ1v) is 8.38. The summed E-state index contributed by atoms with van der Waals surface area (Å²) in [6, 6.07) is 4.25. The van der Waals surface area contributed by atoms with Crippen LogP contribution >= 0.6 is 0 Å². The van der Waals surface area contributed by atoms with Gasteiger partial charge in [-0.05, 0) is 37.1 Å². The summed E-state index contributed by atoms with van der Waals surface area (Å²) in [5.41, 5.74) is 3.87. The molecule has 0 spiro atoms. The van der Waals surface area contributed by atoms with Crippen LogP contribution in [0.2, 0.25) is 0 Å². The Morgan fingerprint density at radius 3 is 3.05 bits per heavy atom. The number of pyridine rings is 1. The van der Waals surface area contributed by atoms with Gasteiger partial charge in [0.1, 0.15) is 5.65 Å². The molecule has 4 heterocycles. The second-order valence-electron chi connectivity index (χ2n) is 6.35. The molecule has 5 heteroatoms. The highest BCUT2D eigenvalue weighted by Gasteiger charge is 2.24. The number of nitrogens with one attached hydrogen (secondary N) is 2. The summed E-state index contributed by atoms with van der Waals surface area (Å²) in [6.45, 7) is 6.96. The average molecular weight is 300 g/mol. The van der Waals surface area contributed by atoms with Gasteiger partial charge in [0, 0.05) is 49.4 Å². The summed E-state index contributed by atoms with van der Waals surface area (Å²) in [6.07, 6.45) is 4.39. The van der Waals surface area contributed by atoms with Crippen LogP contribution in [0, 0.1) is 0 Å². The zero-order chi connectivity index (χ0) is 14.8. The van der Waals surface area contributed by atoms with Crippen LogP contribution in [0.25, 0.3) is 11.0 Å². The zero-order valence-electron chi connectivity index (χ0n) is 13.0. The summed E-state index contributed by atoms with van der Waals surface area (Å²) < 4.78 is 5.48. The molecular weight excluding hydrogens is 276 g/mol. The third-order valence-electron chi connectivity index (χ3n) is 4.90. The molecule has 0 aromatic carbocycles. The molecule has 118 valence electrons. The average Bonchev–Trinajstić information content (AvgIpc) is 2.95. The maximum atomic E-state index is 5.48. The van der Waals surface area contributed by atoms with E-state index in [0.29, 0.717) is 5.92 Å². The van der Waals surface area contributed by atoms with E-state index in [2.05, 4.69) is 26.3 Å². The van der Waals surface area contributed by atoms with Gasteiger partial charge in [0.25, 0.3) is 0 Å². The van der Waals surface area contributed by atoms with E-state index in [-0.39, 0.29) is 0 Å². The van der Waals surface area contributed by atoms with Crippen molar-refractivity contribution in [3.63, 3.8) is 0 Å². The molecule has 0 radical (unpaired) electrons. The summed E-state index contributed by atoms with van der Waals surface area (Å²) in [4.78, 5) is 10.6. The van der Waals surface area contributed by atoms with E-state index in [1.807, 2.05) is 12.3 Å². The third-order valence-corrected chi connectivity index (χ3v) is 4.90. The number of hydrogen-bond donors (Lipinski definition) is 2. The Labute approximate surface area is 131 Å². The summed E-state index contributed by atoms with van der Waals surface area (Å²) in [7, 11) is 0. The molecule has 2 fully saturated rings. The number of hydrogen-bond acceptors (Lipinski definition) is 4.